The first-order valence-electron chi connectivity index (χ1n) is 20.4. The molecule has 7 heteroatoms. The van der Waals surface area contributed by atoms with E-state index in [9.17, 15) is 0 Å². The Morgan fingerprint density at radius 3 is 2.07 bits per heavy atom. The van der Waals surface area contributed by atoms with Crippen LogP contribution in [0, 0.1) is 0 Å². The molecule has 280 valence electrons. The Kier molecular flexibility index (Phi) is 6.64. The summed E-state index contributed by atoms with van der Waals surface area (Å²) in [4.78, 5) is 20.4. The fraction of sp³-hybridized carbons (Fsp3) is 0.0377. The van der Waals surface area contributed by atoms with Crippen molar-refractivity contribution in [1.29, 1.82) is 0 Å². The number of rotatable bonds is 3. The first kappa shape index (κ1) is 32.7. The Hall–Kier alpha value is -7.19. The first-order valence-corrected chi connectivity index (χ1v) is 22.0. The number of hydrogen-bond donors (Lipinski definition) is 0. The Bertz CT molecular complexity index is 3830. The summed E-state index contributed by atoms with van der Waals surface area (Å²) >= 11 is 3.77. The highest BCUT2D eigenvalue weighted by Crippen LogP contribution is 2.54. The van der Waals surface area contributed by atoms with E-state index in [0.29, 0.717) is 17.7 Å². The molecule has 0 fully saturated rings. The van der Waals surface area contributed by atoms with Gasteiger partial charge < -0.3 is 4.90 Å². The standard InChI is InChI=1S/C53H31N5S2/c1-2-14-31-30(13-1)29-40(33-16-4-3-15-32(31)33)51-54-52(57-41-21-9-5-19-38(41)47-43(57)27-25-36-34-17-7-11-23-45(34)59-49(36)47)56-53(55-51)58-42-22-10-6-20-39(42)48-44(58)28-26-37-35-18-8-12-24-46(35)60-50(37)48/h1-29,43,47H. The molecule has 0 bridgehead atoms. The van der Waals surface area contributed by atoms with Crippen LogP contribution in [0.5, 0.6) is 0 Å². The fourth-order valence-electron chi connectivity index (χ4n) is 10.3. The zero-order chi connectivity index (χ0) is 39.1. The summed E-state index contributed by atoms with van der Waals surface area (Å²) in [6.07, 6.45) is 4.71. The van der Waals surface area contributed by atoms with E-state index in [2.05, 4.69) is 185 Å². The molecule has 2 atom stereocenters. The first-order chi connectivity index (χ1) is 29.8. The zero-order valence-electron chi connectivity index (χ0n) is 32.0. The third-order valence-corrected chi connectivity index (χ3v) is 15.3. The predicted molar refractivity (Wildman–Crippen MR) is 253 cm³/mol. The molecule has 0 amide bonds. The molecule has 12 aromatic rings. The molecule has 4 aromatic heterocycles. The van der Waals surface area contributed by atoms with E-state index in [1.165, 1.54) is 67.8 Å². The summed E-state index contributed by atoms with van der Waals surface area (Å²) in [6, 6.07) is 59.1. The number of thiophene rings is 2. The molecule has 1 aliphatic carbocycles. The second kappa shape index (κ2) is 12.2. The Morgan fingerprint density at radius 1 is 0.500 bits per heavy atom. The molecule has 1 aliphatic heterocycles. The van der Waals surface area contributed by atoms with Gasteiger partial charge in [0.2, 0.25) is 11.9 Å². The monoisotopic (exact) mass is 801 g/mol. The van der Waals surface area contributed by atoms with Gasteiger partial charge in [0.15, 0.2) is 5.82 Å². The fourth-order valence-corrected chi connectivity index (χ4v) is 12.9. The number of nitrogens with zero attached hydrogens (tertiary/aromatic N) is 5. The maximum atomic E-state index is 5.58. The van der Waals surface area contributed by atoms with Gasteiger partial charge in [-0.05, 0) is 74.5 Å². The van der Waals surface area contributed by atoms with Gasteiger partial charge in [0.25, 0.3) is 0 Å². The summed E-state index contributed by atoms with van der Waals surface area (Å²) in [6.45, 7) is 0. The van der Waals surface area contributed by atoms with Gasteiger partial charge in [-0.2, -0.15) is 15.0 Å². The highest BCUT2D eigenvalue weighted by atomic mass is 32.1. The van der Waals surface area contributed by atoms with E-state index in [0.717, 1.165) is 33.1 Å². The van der Waals surface area contributed by atoms with Crippen LogP contribution in [0.25, 0.3) is 97.0 Å². The molecular weight excluding hydrogens is 771 g/mol. The molecule has 8 aromatic carbocycles. The minimum Gasteiger partial charge on any atom is -0.302 e. The SMILES string of the molecule is C1=CC2C(c3ccccc3N2c2nc(-c3cc4ccccc4c4ccccc34)nc(-n3c4ccccc4c4c5sc6ccccc6c5ccc43)n2)c2sc3ccccc3c21. The molecular formula is C53H31N5S2. The minimum absolute atomic E-state index is 0.0178. The van der Waals surface area contributed by atoms with Gasteiger partial charge >= 0.3 is 0 Å². The van der Waals surface area contributed by atoms with Gasteiger partial charge in [-0.3, -0.25) is 4.57 Å². The largest absolute Gasteiger partial charge is 0.302 e. The zero-order valence-corrected chi connectivity index (χ0v) is 33.6. The Morgan fingerprint density at radius 2 is 1.18 bits per heavy atom. The lowest BCUT2D eigenvalue weighted by atomic mass is 9.86. The molecule has 0 N–H and O–H groups in total. The average molecular weight is 802 g/mol. The summed E-state index contributed by atoms with van der Waals surface area (Å²) in [5, 5.41) is 10.9. The lowest BCUT2D eigenvalue weighted by Crippen LogP contribution is -2.32. The van der Waals surface area contributed by atoms with Crippen LogP contribution in [-0.4, -0.2) is 25.6 Å². The van der Waals surface area contributed by atoms with Crippen molar-refractivity contribution >= 4 is 114 Å². The smallest absolute Gasteiger partial charge is 0.240 e. The molecule has 0 radical (unpaired) electrons. The van der Waals surface area contributed by atoms with E-state index in [4.69, 9.17) is 15.0 Å². The number of benzene rings is 8. The van der Waals surface area contributed by atoms with Crippen molar-refractivity contribution in [1.82, 2.24) is 19.5 Å². The van der Waals surface area contributed by atoms with Gasteiger partial charge in [-0.25, -0.2) is 0 Å². The van der Waals surface area contributed by atoms with Crippen LogP contribution in [0.2, 0.25) is 0 Å². The second-order valence-corrected chi connectivity index (χ2v) is 18.0. The minimum atomic E-state index is -0.0178. The Labute approximate surface area is 351 Å². The van der Waals surface area contributed by atoms with Crippen molar-refractivity contribution in [2.45, 2.75) is 12.0 Å². The van der Waals surface area contributed by atoms with E-state index in [1.807, 2.05) is 22.7 Å². The number of fused-ring (bicyclic) bond motifs is 17. The summed E-state index contributed by atoms with van der Waals surface area (Å²) < 4.78 is 6.15. The van der Waals surface area contributed by atoms with E-state index in [-0.39, 0.29) is 12.0 Å². The molecule has 5 nitrogen and oxygen atoms in total. The predicted octanol–water partition coefficient (Wildman–Crippen LogP) is 14.2. The highest BCUT2D eigenvalue weighted by Gasteiger charge is 2.44. The molecule has 5 heterocycles. The van der Waals surface area contributed by atoms with Crippen molar-refractivity contribution in [3.05, 3.63) is 186 Å². The van der Waals surface area contributed by atoms with Crippen LogP contribution in [0.3, 0.4) is 0 Å². The highest BCUT2D eigenvalue weighted by molar-refractivity contribution is 7.26. The lowest BCUT2D eigenvalue weighted by molar-refractivity contribution is 0.719. The molecule has 0 saturated heterocycles. The van der Waals surface area contributed by atoms with E-state index in [1.54, 1.807) is 0 Å². The van der Waals surface area contributed by atoms with E-state index >= 15 is 0 Å². The molecule has 0 spiro atoms. The number of para-hydroxylation sites is 2. The van der Waals surface area contributed by atoms with Crippen molar-refractivity contribution in [3.8, 4) is 17.3 Å². The maximum Gasteiger partial charge on any atom is 0.240 e. The number of aromatic nitrogens is 4. The number of hydrogen-bond acceptors (Lipinski definition) is 6. The van der Waals surface area contributed by atoms with Crippen LogP contribution in [-0.2, 0) is 0 Å². The van der Waals surface area contributed by atoms with Crippen molar-refractivity contribution in [2.24, 2.45) is 0 Å². The lowest BCUT2D eigenvalue weighted by Gasteiger charge is -2.29. The van der Waals surface area contributed by atoms with Gasteiger partial charge in [-0.15, -0.1) is 22.7 Å². The Balaban J connectivity index is 1.07. The van der Waals surface area contributed by atoms with Gasteiger partial charge in [-0.1, -0.05) is 140 Å². The third-order valence-electron chi connectivity index (χ3n) is 12.8. The van der Waals surface area contributed by atoms with Crippen LogP contribution in [0.1, 0.15) is 21.9 Å². The molecule has 0 saturated carbocycles. The number of anilines is 2. The quantitative estimate of drug-likeness (QED) is 0.167. The van der Waals surface area contributed by atoms with Gasteiger partial charge in [0, 0.05) is 57.7 Å². The summed E-state index contributed by atoms with van der Waals surface area (Å²) in [5.74, 6) is 2.02. The third kappa shape index (κ3) is 4.42. The van der Waals surface area contributed by atoms with Crippen LogP contribution in [0.15, 0.2) is 170 Å². The molecule has 14 rings (SSSR count). The van der Waals surface area contributed by atoms with E-state index < -0.39 is 0 Å². The normalized spacial score (nSPS) is 15.9. The second-order valence-electron chi connectivity index (χ2n) is 15.9. The van der Waals surface area contributed by atoms with Gasteiger partial charge in [0.1, 0.15) is 0 Å². The van der Waals surface area contributed by atoms with Crippen LogP contribution >= 0.6 is 22.7 Å². The van der Waals surface area contributed by atoms with Crippen LogP contribution in [0.4, 0.5) is 11.6 Å². The molecule has 2 aliphatic rings. The maximum absolute atomic E-state index is 5.58. The molecule has 60 heavy (non-hydrogen) atoms. The molecule has 2 unspecified atom stereocenters. The summed E-state index contributed by atoms with van der Waals surface area (Å²) in [7, 11) is 0. The topological polar surface area (TPSA) is 46.8 Å². The van der Waals surface area contributed by atoms with Crippen molar-refractivity contribution in [2.75, 3.05) is 4.90 Å². The van der Waals surface area contributed by atoms with Gasteiger partial charge in [0.05, 0.1) is 17.1 Å². The average Bonchev–Trinajstić information content (AvgIpc) is 4.06. The van der Waals surface area contributed by atoms with Crippen molar-refractivity contribution < 1.29 is 0 Å². The van der Waals surface area contributed by atoms with Crippen LogP contribution < -0.4 is 4.90 Å². The van der Waals surface area contributed by atoms with Crippen molar-refractivity contribution in [3.63, 3.8) is 0 Å². The summed E-state index contributed by atoms with van der Waals surface area (Å²) in [5.41, 5.74) is 6.87.